The molecule has 0 aromatic heterocycles. The minimum Gasteiger partial charge on any atom is -0.504 e. The number of ether oxygens (including phenoxy) is 1. The normalized spacial score (nSPS) is 12.9. The predicted octanol–water partition coefficient (Wildman–Crippen LogP) is 9.21. The smallest absolute Gasteiger partial charge is 0.265 e. The Morgan fingerprint density at radius 2 is 1.67 bits per heavy atom. The van der Waals surface area contributed by atoms with Crippen LogP contribution in [0.3, 0.4) is 0 Å². The maximum Gasteiger partial charge on any atom is 0.265 e. The molecule has 1 unspecified atom stereocenters. The van der Waals surface area contributed by atoms with Crippen molar-refractivity contribution in [2.75, 3.05) is 5.32 Å². The van der Waals surface area contributed by atoms with Crippen LogP contribution in [-0.4, -0.2) is 17.1 Å². The van der Waals surface area contributed by atoms with Gasteiger partial charge in [-0.25, -0.2) is 0 Å². The number of benzene rings is 2. The Bertz CT molecular complexity index is 1060. The summed E-state index contributed by atoms with van der Waals surface area (Å²) in [5.74, 6) is 0.197. The van der Waals surface area contributed by atoms with Crippen LogP contribution < -0.4 is 10.1 Å². The molecule has 0 heterocycles. The molecule has 0 fully saturated rings. The average Bonchev–Trinajstić information content (AvgIpc) is 2.84. The molecule has 2 N–H and O–H groups in total. The third-order valence-electron chi connectivity index (χ3n) is 7.54. The molecule has 4 nitrogen and oxygen atoms in total. The number of nitrogens with one attached hydrogen (secondary N) is 1. The van der Waals surface area contributed by atoms with Crippen molar-refractivity contribution in [1.82, 2.24) is 0 Å². The van der Waals surface area contributed by atoms with Gasteiger partial charge >= 0.3 is 0 Å². The number of unbranched alkanes of at least 4 members (excludes halogenated alkanes) is 1. The Kier molecular flexibility index (Phi) is 10.6. The second-order valence-electron chi connectivity index (χ2n) is 10.8. The maximum absolute atomic E-state index is 13.4. The summed E-state index contributed by atoms with van der Waals surface area (Å²) in [6, 6.07) is 7.90. The van der Waals surface area contributed by atoms with Gasteiger partial charge in [-0.05, 0) is 66.2 Å². The lowest BCUT2D eigenvalue weighted by Gasteiger charge is -2.31. The van der Waals surface area contributed by atoms with E-state index in [1.165, 1.54) is 5.56 Å². The molecule has 0 aliphatic heterocycles. The van der Waals surface area contributed by atoms with Gasteiger partial charge in [0.05, 0.1) is 10.7 Å². The van der Waals surface area contributed by atoms with Gasteiger partial charge < -0.3 is 15.2 Å². The van der Waals surface area contributed by atoms with E-state index in [-0.39, 0.29) is 33.2 Å². The topological polar surface area (TPSA) is 58.6 Å². The first-order valence-corrected chi connectivity index (χ1v) is 13.9. The number of halogens is 2. The fourth-order valence-electron chi connectivity index (χ4n) is 4.04. The van der Waals surface area contributed by atoms with Crippen molar-refractivity contribution in [2.24, 2.45) is 0 Å². The predicted molar refractivity (Wildman–Crippen MR) is 153 cm³/mol. The van der Waals surface area contributed by atoms with Gasteiger partial charge in [-0.2, -0.15) is 0 Å². The molecule has 0 aliphatic carbocycles. The molecule has 6 heteroatoms. The molecule has 2 aromatic rings. The highest BCUT2D eigenvalue weighted by molar-refractivity contribution is 6.37. The molecule has 200 valence electrons. The zero-order valence-corrected chi connectivity index (χ0v) is 24.7. The molecule has 1 atom stereocenters. The van der Waals surface area contributed by atoms with E-state index in [4.69, 9.17) is 27.9 Å². The first-order chi connectivity index (χ1) is 16.8. The Labute approximate surface area is 227 Å². The molecule has 36 heavy (non-hydrogen) atoms. The monoisotopic (exact) mass is 535 g/mol. The van der Waals surface area contributed by atoms with E-state index in [1.54, 1.807) is 6.07 Å². The number of carbonyl (C=O) groups excluding carboxylic acids is 1. The third-order valence-corrected chi connectivity index (χ3v) is 8.28. The summed E-state index contributed by atoms with van der Waals surface area (Å²) in [6.45, 7) is 17.2. The molecule has 0 saturated heterocycles. The van der Waals surface area contributed by atoms with Crippen molar-refractivity contribution in [2.45, 2.75) is 111 Å². The van der Waals surface area contributed by atoms with Gasteiger partial charge in [-0.1, -0.05) is 97.1 Å². The van der Waals surface area contributed by atoms with Crippen LogP contribution in [0.2, 0.25) is 10.0 Å². The van der Waals surface area contributed by atoms with Gasteiger partial charge in [0.15, 0.2) is 11.9 Å². The van der Waals surface area contributed by atoms with Gasteiger partial charge in [-0.3, -0.25) is 4.79 Å². The van der Waals surface area contributed by atoms with Crippen molar-refractivity contribution in [3.05, 3.63) is 51.0 Å². The lowest BCUT2D eigenvalue weighted by Crippen LogP contribution is -2.34. The molecule has 1 amide bonds. The van der Waals surface area contributed by atoms with Crippen LogP contribution in [0.5, 0.6) is 11.5 Å². The standard InChI is InChI=1S/C30H43Cl2NO3/c1-9-13-14-25(28(35)33-23-18-22(31)20(10-2)26(32)27(23)34)36-24-16-15-19(29(5,6)11-3)17-21(24)30(7,8)12-4/h15-18,25,34H,9-14H2,1-8H3,(H,33,35). The molecule has 2 aromatic carbocycles. The van der Waals surface area contributed by atoms with E-state index in [2.05, 4.69) is 65.9 Å². The number of rotatable bonds is 12. The molecule has 0 saturated carbocycles. The van der Waals surface area contributed by atoms with E-state index in [1.807, 2.05) is 13.0 Å². The van der Waals surface area contributed by atoms with Crippen molar-refractivity contribution in [3.8, 4) is 11.5 Å². The molecule has 0 radical (unpaired) electrons. The largest absolute Gasteiger partial charge is 0.504 e. The summed E-state index contributed by atoms with van der Waals surface area (Å²) in [5, 5.41) is 14.0. The minimum absolute atomic E-state index is 0.0385. The van der Waals surface area contributed by atoms with Gasteiger partial charge in [0.2, 0.25) is 0 Å². The highest BCUT2D eigenvalue weighted by atomic mass is 35.5. The minimum atomic E-state index is -0.732. The van der Waals surface area contributed by atoms with Gasteiger partial charge in [0.1, 0.15) is 5.75 Å². The first-order valence-electron chi connectivity index (χ1n) is 13.1. The maximum atomic E-state index is 13.4. The summed E-state index contributed by atoms with van der Waals surface area (Å²) in [5.41, 5.74) is 3.10. The zero-order valence-electron chi connectivity index (χ0n) is 23.1. The van der Waals surface area contributed by atoms with Crippen LogP contribution in [0.4, 0.5) is 5.69 Å². The molecule has 2 rings (SSSR count). The van der Waals surface area contributed by atoms with E-state index >= 15 is 0 Å². The van der Waals surface area contributed by atoms with Gasteiger partial charge in [0.25, 0.3) is 5.91 Å². The molecular formula is C30H43Cl2NO3. The first kappa shape index (κ1) is 30.3. The van der Waals surface area contributed by atoms with Crippen molar-refractivity contribution < 1.29 is 14.6 Å². The Morgan fingerprint density at radius 3 is 2.22 bits per heavy atom. The summed E-state index contributed by atoms with van der Waals surface area (Å²) in [4.78, 5) is 13.4. The number of hydrogen-bond acceptors (Lipinski definition) is 3. The molecular weight excluding hydrogens is 493 g/mol. The van der Waals surface area contributed by atoms with Crippen molar-refractivity contribution in [1.29, 1.82) is 0 Å². The van der Waals surface area contributed by atoms with Crippen LogP contribution in [0.25, 0.3) is 0 Å². The highest BCUT2D eigenvalue weighted by Gasteiger charge is 2.29. The lowest BCUT2D eigenvalue weighted by atomic mass is 9.76. The second-order valence-corrected chi connectivity index (χ2v) is 11.6. The third kappa shape index (κ3) is 6.89. The number of phenols is 1. The Morgan fingerprint density at radius 1 is 1.03 bits per heavy atom. The number of amides is 1. The second kappa shape index (κ2) is 12.6. The van der Waals surface area contributed by atoms with Crippen molar-refractivity contribution >= 4 is 34.8 Å². The van der Waals surface area contributed by atoms with E-state index in [0.717, 1.165) is 37.0 Å². The summed E-state index contributed by atoms with van der Waals surface area (Å²) in [7, 11) is 0. The van der Waals surface area contributed by atoms with Crippen LogP contribution in [0.1, 0.15) is 104 Å². The van der Waals surface area contributed by atoms with Crippen LogP contribution in [-0.2, 0) is 22.0 Å². The quantitative estimate of drug-likeness (QED) is 0.266. The zero-order chi connectivity index (χ0) is 27.3. The number of anilines is 1. The van der Waals surface area contributed by atoms with E-state index < -0.39 is 6.10 Å². The average molecular weight is 537 g/mol. The number of aromatic hydroxyl groups is 1. The number of carbonyl (C=O) groups is 1. The lowest BCUT2D eigenvalue weighted by molar-refractivity contribution is -0.123. The number of phenolic OH excluding ortho intramolecular Hbond substituents is 1. The molecule has 0 bridgehead atoms. The van der Waals surface area contributed by atoms with Crippen LogP contribution in [0.15, 0.2) is 24.3 Å². The summed E-state index contributed by atoms with van der Waals surface area (Å²) in [6.07, 6.45) is 4.09. The van der Waals surface area contributed by atoms with Crippen molar-refractivity contribution in [3.63, 3.8) is 0 Å². The van der Waals surface area contributed by atoms with Crippen LogP contribution in [0, 0.1) is 0 Å². The van der Waals surface area contributed by atoms with E-state index in [9.17, 15) is 9.90 Å². The van der Waals surface area contributed by atoms with Gasteiger partial charge in [0, 0.05) is 10.6 Å². The van der Waals surface area contributed by atoms with E-state index in [0.29, 0.717) is 23.4 Å². The Hall–Kier alpha value is -1.91. The summed E-state index contributed by atoms with van der Waals surface area (Å²) < 4.78 is 6.46. The van der Waals surface area contributed by atoms with Gasteiger partial charge in [-0.15, -0.1) is 0 Å². The SMILES string of the molecule is CCCCC(Oc1ccc(C(C)(C)CC)cc1C(C)(C)CC)C(=O)Nc1cc(Cl)c(CC)c(Cl)c1O. The highest BCUT2D eigenvalue weighted by Crippen LogP contribution is 2.41. The van der Waals surface area contributed by atoms with Crippen LogP contribution >= 0.6 is 23.2 Å². The molecule has 0 spiro atoms. The number of hydrogen-bond donors (Lipinski definition) is 2. The fraction of sp³-hybridized carbons (Fsp3) is 0.567. The summed E-state index contributed by atoms with van der Waals surface area (Å²) >= 11 is 12.7. The fourth-order valence-corrected chi connectivity index (χ4v) is 4.77. The molecule has 0 aliphatic rings. The Balaban J connectivity index is 2.46.